The van der Waals surface area contributed by atoms with Crippen LogP contribution in [-0.2, 0) is 0 Å². The van der Waals surface area contributed by atoms with Crippen LogP contribution in [0.3, 0.4) is 0 Å². The van der Waals surface area contributed by atoms with E-state index in [9.17, 15) is 0 Å². The van der Waals surface area contributed by atoms with E-state index in [2.05, 4.69) is 9.97 Å². The predicted molar refractivity (Wildman–Crippen MR) is 80.8 cm³/mol. The molecule has 1 aromatic heterocycles. The Kier molecular flexibility index (Phi) is 3.64. The average molecular weight is 285 g/mol. The molecule has 1 heterocycles. The van der Waals surface area contributed by atoms with E-state index in [0.717, 1.165) is 30.0 Å². The topological polar surface area (TPSA) is 70.3 Å². The zero-order valence-electron chi connectivity index (χ0n) is 12.3. The van der Waals surface area contributed by atoms with Gasteiger partial charge in [-0.05, 0) is 51.0 Å². The molecule has 0 saturated heterocycles. The fourth-order valence-corrected chi connectivity index (χ4v) is 2.04. The Hall–Kier alpha value is -2.30. The van der Waals surface area contributed by atoms with Gasteiger partial charge < -0.3 is 15.2 Å². The minimum Gasteiger partial charge on any atom is -0.494 e. The third kappa shape index (κ3) is 3.07. The van der Waals surface area contributed by atoms with E-state index in [1.54, 1.807) is 0 Å². The van der Waals surface area contributed by atoms with Gasteiger partial charge in [0, 0.05) is 5.92 Å². The number of aromatic nitrogens is 2. The van der Waals surface area contributed by atoms with Crippen LogP contribution in [0.25, 0.3) is 0 Å². The first-order valence-electron chi connectivity index (χ1n) is 7.22. The van der Waals surface area contributed by atoms with Crippen LogP contribution in [0.5, 0.6) is 17.4 Å². The van der Waals surface area contributed by atoms with Crippen molar-refractivity contribution in [3.05, 3.63) is 35.7 Å². The molecule has 21 heavy (non-hydrogen) atoms. The molecule has 0 atom stereocenters. The Morgan fingerprint density at radius 1 is 1.14 bits per heavy atom. The van der Waals surface area contributed by atoms with Crippen molar-refractivity contribution in [2.24, 2.45) is 0 Å². The molecule has 1 aliphatic carbocycles. The molecule has 0 spiro atoms. The van der Waals surface area contributed by atoms with Gasteiger partial charge in [0.15, 0.2) is 0 Å². The minimum absolute atomic E-state index is 0.440. The normalized spacial score (nSPS) is 14.0. The first-order chi connectivity index (χ1) is 10.2. The average Bonchev–Trinajstić information content (AvgIpc) is 3.30. The lowest BCUT2D eigenvalue weighted by Gasteiger charge is -2.11. The van der Waals surface area contributed by atoms with Crippen LogP contribution in [0, 0.1) is 6.92 Å². The number of nitrogen functional groups attached to an aromatic ring is 1. The van der Waals surface area contributed by atoms with Crippen molar-refractivity contribution in [2.75, 3.05) is 12.3 Å². The van der Waals surface area contributed by atoms with Crippen molar-refractivity contribution in [3.8, 4) is 17.4 Å². The second-order valence-corrected chi connectivity index (χ2v) is 5.18. The number of nitrogens with zero attached hydrogens (tertiary/aromatic N) is 2. The predicted octanol–water partition coefficient (Wildman–Crippen LogP) is 3.44. The molecule has 3 rings (SSSR count). The number of ether oxygens (including phenoxy) is 2. The first kappa shape index (κ1) is 13.7. The molecule has 1 aromatic carbocycles. The molecule has 0 amide bonds. The highest BCUT2D eigenvalue weighted by Gasteiger charge is 2.28. The summed E-state index contributed by atoms with van der Waals surface area (Å²) in [5, 5.41) is 0. The fourth-order valence-electron chi connectivity index (χ4n) is 2.04. The van der Waals surface area contributed by atoms with Gasteiger partial charge >= 0.3 is 0 Å². The van der Waals surface area contributed by atoms with Gasteiger partial charge in [-0.15, -0.1) is 0 Å². The van der Waals surface area contributed by atoms with Gasteiger partial charge in [-0.2, -0.15) is 4.98 Å². The maximum Gasteiger partial charge on any atom is 0.227 e. The van der Waals surface area contributed by atoms with Crippen LogP contribution >= 0.6 is 0 Å². The Morgan fingerprint density at radius 3 is 2.43 bits per heavy atom. The Labute approximate surface area is 124 Å². The summed E-state index contributed by atoms with van der Waals surface area (Å²) in [7, 11) is 0. The third-order valence-corrected chi connectivity index (χ3v) is 3.45. The number of rotatable bonds is 5. The van der Waals surface area contributed by atoms with E-state index in [4.69, 9.17) is 15.2 Å². The van der Waals surface area contributed by atoms with Crippen molar-refractivity contribution in [1.82, 2.24) is 9.97 Å². The van der Waals surface area contributed by atoms with Gasteiger partial charge in [0.1, 0.15) is 23.1 Å². The van der Waals surface area contributed by atoms with Crippen molar-refractivity contribution >= 4 is 5.82 Å². The molecule has 0 unspecified atom stereocenters. The van der Waals surface area contributed by atoms with Crippen molar-refractivity contribution in [1.29, 1.82) is 0 Å². The quantitative estimate of drug-likeness (QED) is 0.911. The molecule has 1 saturated carbocycles. The lowest BCUT2D eigenvalue weighted by atomic mass is 10.3. The molecule has 0 aliphatic heterocycles. The molecule has 110 valence electrons. The number of nitrogens with two attached hydrogens (primary N) is 1. The third-order valence-electron chi connectivity index (χ3n) is 3.45. The molecule has 5 heteroatoms. The van der Waals surface area contributed by atoms with Crippen LogP contribution in [0.4, 0.5) is 5.82 Å². The smallest absolute Gasteiger partial charge is 0.227 e. The summed E-state index contributed by atoms with van der Waals surface area (Å²) in [4.78, 5) is 8.85. The van der Waals surface area contributed by atoms with Gasteiger partial charge in [0.05, 0.1) is 12.2 Å². The summed E-state index contributed by atoms with van der Waals surface area (Å²) < 4.78 is 11.3. The van der Waals surface area contributed by atoms with Crippen LogP contribution in [0.1, 0.15) is 37.1 Å². The Balaban J connectivity index is 1.83. The minimum atomic E-state index is 0.440. The maximum atomic E-state index is 5.95. The van der Waals surface area contributed by atoms with Gasteiger partial charge in [0.2, 0.25) is 5.88 Å². The van der Waals surface area contributed by atoms with Crippen LogP contribution < -0.4 is 15.2 Å². The summed E-state index contributed by atoms with van der Waals surface area (Å²) >= 11 is 0. The summed E-state index contributed by atoms with van der Waals surface area (Å²) in [6, 6.07) is 7.47. The summed E-state index contributed by atoms with van der Waals surface area (Å²) in [5.41, 5.74) is 6.72. The summed E-state index contributed by atoms with van der Waals surface area (Å²) in [5.74, 6) is 3.79. The second kappa shape index (κ2) is 5.60. The van der Waals surface area contributed by atoms with E-state index in [1.165, 1.54) is 0 Å². The van der Waals surface area contributed by atoms with Crippen LogP contribution in [0.15, 0.2) is 24.3 Å². The van der Waals surface area contributed by atoms with E-state index < -0.39 is 0 Å². The van der Waals surface area contributed by atoms with E-state index in [-0.39, 0.29) is 0 Å². The van der Waals surface area contributed by atoms with Crippen LogP contribution in [0.2, 0.25) is 0 Å². The molecular formula is C16H19N3O2. The van der Waals surface area contributed by atoms with Crippen molar-refractivity contribution in [3.63, 3.8) is 0 Å². The van der Waals surface area contributed by atoms with Gasteiger partial charge in [-0.1, -0.05) is 0 Å². The second-order valence-electron chi connectivity index (χ2n) is 5.18. The van der Waals surface area contributed by atoms with E-state index >= 15 is 0 Å². The zero-order valence-corrected chi connectivity index (χ0v) is 12.3. The van der Waals surface area contributed by atoms with E-state index in [1.807, 2.05) is 38.1 Å². The van der Waals surface area contributed by atoms with Crippen LogP contribution in [-0.4, -0.2) is 16.6 Å². The Bertz CT molecular complexity index is 637. The largest absolute Gasteiger partial charge is 0.494 e. The number of hydrogen-bond acceptors (Lipinski definition) is 5. The lowest BCUT2D eigenvalue weighted by Crippen LogP contribution is -2.04. The molecule has 5 nitrogen and oxygen atoms in total. The number of hydrogen-bond donors (Lipinski definition) is 1. The molecule has 1 fully saturated rings. The van der Waals surface area contributed by atoms with Crippen molar-refractivity contribution < 1.29 is 9.47 Å². The molecular weight excluding hydrogens is 266 g/mol. The highest BCUT2D eigenvalue weighted by molar-refractivity contribution is 5.46. The maximum absolute atomic E-state index is 5.95. The molecule has 1 aliphatic rings. The molecule has 2 aromatic rings. The van der Waals surface area contributed by atoms with Crippen molar-refractivity contribution in [2.45, 2.75) is 32.6 Å². The number of anilines is 1. The monoisotopic (exact) mass is 285 g/mol. The highest BCUT2D eigenvalue weighted by atomic mass is 16.5. The lowest BCUT2D eigenvalue weighted by molar-refractivity contribution is 0.339. The summed E-state index contributed by atoms with van der Waals surface area (Å²) in [6.07, 6.45) is 2.26. The Morgan fingerprint density at radius 2 is 1.81 bits per heavy atom. The molecule has 0 bridgehead atoms. The fraction of sp³-hybridized carbons (Fsp3) is 0.375. The standard InChI is InChI=1S/C16H19N3O2/c1-3-20-12-6-8-13(9-7-12)21-16-10(2)14(17)18-15(19-16)11-4-5-11/h6-9,11H,3-5H2,1-2H3,(H2,17,18,19). The van der Waals surface area contributed by atoms with Gasteiger partial charge in [-0.25, -0.2) is 4.98 Å². The van der Waals surface area contributed by atoms with E-state index in [0.29, 0.717) is 30.0 Å². The summed E-state index contributed by atoms with van der Waals surface area (Å²) in [6.45, 7) is 4.47. The van der Waals surface area contributed by atoms with Gasteiger partial charge in [-0.3, -0.25) is 0 Å². The number of benzene rings is 1. The molecule has 2 N–H and O–H groups in total. The zero-order chi connectivity index (χ0) is 14.8. The van der Waals surface area contributed by atoms with Gasteiger partial charge in [0.25, 0.3) is 0 Å². The first-order valence-corrected chi connectivity index (χ1v) is 7.22. The SMILES string of the molecule is CCOc1ccc(Oc2nc(C3CC3)nc(N)c2C)cc1. The highest BCUT2D eigenvalue weighted by Crippen LogP contribution is 2.40. The molecule has 0 radical (unpaired) electrons.